The van der Waals surface area contributed by atoms with Gasteiger partial charge >= 0.3 is 5.97 Å². The van der Waals surface area contributed by atoms with Crippen molar-refractivity contribution in [2.24, 2.45) is 5.92 Å². The van der Waals surface area contributed by atoms with Crippen LogP contribution in [0.4, 0.5) is 0 Å². The normalized spacial score (nSPS) is 14.8. The lowest BCUT2D eigenvalue weighted by molar-refractivity contribution is -0.132. The molecule has 74 valence electrons. The SMILES string of the molecule is CC/C=C(\C=C/C(C)CC)C(=O)O. The van der Waals surface area contributed by atoms with Gasteiger partial charge in [0.25, 0.3) is 0 Å². The van der Waals surface area contributed by atoms with E-state index in [9.17, 15) is 4.79 Å². The quantitative estimate of drug-likeness (QED) is 0.524. The molecule has 0 aromatic heterocycles. The fourth-order valence-electron chi connectivity index (χ4n) is 0.851. The van der Waals surface area contributed by atoms with E-state index in [2.05, 4.69) is 13.8 Å². The number of hydrogen-bond donors (Lipinski definition) is 1. The molecule has 0 saturated carbocycles. The van der Waals surface area contributed by atoms with E-state index >= 15 is 0 Å². The fourth-order valence-corrected chi connectivity index (χ4v) is 0.851. The molecule has 0 aliphatic carbocycles. The Kier molecular flexibility index (Phi) is 5.94. The van der Waals surface area contributed by atoms with Crippen molar-refractivity contribution in [1.82, 2.24) is 0 Å². The smallest absolute Gasteiger partial charge is 0.335 e. The number of rotatable bonds is 5. The van der Waals surface area contributed by atoms with E-state index in [0.717, 1.165) is 12.8 Å². The Morgan fingerprint density at radius 3 is 2.46 bits per heavy atom. The van der Waals surface area contributed by atoms with Crippen LogP contribution in [0.2, 0.25) is 0 Å². The molecule has 0 saturated heterocycles. The molecule has 0 radical (unpaired) electrons. The molecule has 0 aliphatic rings. The molecule has 2 nitrogen and oxygen atoms in total. The molecule has 0 heterocycles. The Balaban J connectivity index is 4.35. The van der Waals surface area contributed by atoms with Crippen molar-refractivity contribution in [3.05, 3.63) is 23.8 Å². The number of carboxylic acids is 1. The summed E-state index contributed by atoms with van der Waals surface area (Å²) in [5.74, 6) is -0.402. The highest BCUT2D eigenvalue weighted by molar-refractivity contribution is 5.89. The van der Waals surface area contributed by atoms with Gasteiger partial charge in [0.2, 0.25) is 0 Å². The maximum Gasteiger partial charge on any atom is 0.335 e. The average Bonchev–Trinajstić information content (AvgIpc) is 2.11. The molecule has 0 spiro atoms. The zero-order valence-corrected chi connectivity index (χ0v) is 8.58. The van der Waals surface area contributed by atoms with Crippen molar-refractivity contribution in [3.8, 4) is 0 Å². The zero-order valence-electron chi connectivity index (χ0n) is 8.58. The Labute approximate surface area is 80.0 Å². The van der Waals surface area contributed by atoms with Crippen LogP contribution in [-0.2, 0) is 4.79 Å². The lowest BCUT2D eigenvalue weighted by atomic mass is 10.1. The van der Waals surface area contributed by atoms with Gasteiger partial charge in [-0.2, -0.15) is 0 Å². The fraction of sp³-hybridized carbons (Fsp3) is 0.545. The second-order valence-corrected chi connectivity index (χ2v) is 3.12. The van der Waals surface area contributed by atoms with Gasteiger partial charge in [-0.15, -0.1) is 0 Å². The third kappa shape index (κ3) is 5.23. The molecule has 0 fully saturated rings. The van der Waals surface area contributed by atoms with E-state index in [1.807, 2.05) is 13.0 Å². The third-order valence-corrected chi connectivity index (χ3v) is 1.92. The molecule has 1 atom stereocenters. The van der Waals surface area contributed by atoms with Gasteiger partial charge in [0, 0.05) is 0 Å². The van der Waals surface area contributed by atoms with Crippen molar-refractivity contribution in [2.75, 3.05) is 0 Å². The van der Waals surface area contributed by atoms with Gasteiger partial charge in [0.1, 0.15) is 0 Å². The number of carbonyl (C=O) groups is 1. The van der Waals surface area contributed by atoms with Gasteiger partial charge < -0.3 is 5.11 Å². The molecular weight excluding hydrogens is 164 g/mol. The van der Waals surface area contributed by atoms with Gasteiger partial charge in [-0.25, -0.2) is 4.79 Å². The summed E-state index contributed by atoms with van der Waals surface area (Å²) >= 11 is 0. The molecule has 13 heavy (non-hydrogen) atoms. The number of hydrogen-bond acceptors (Lipinski definition) is 1. The van der Waals surface area contributed by atoms with Crippen LogP contribution in [0.3, 0.4) is 0 Å². The van der Waals surface area contributed by atoms with Gasteiger partial charge in [0.15, 0.2) is 0 Å². The second kappa shape index (κ2) is 6.46. The van der Waals surface area contributed by atoms with Crippen molar-refractivity contribution < 1.29 is 9.90 Å². The monoisotopic (exact) mass is 182 g/mol. The summed E-state index contributed by atoms with van der Waals surface area (Å²) in [6.45, 7) is 6.08. The Morgan fingerprint density at radius 1 is 1.46 bits per heavy atom. The van der Waals surface area contributed by atoms with Crippen molar-refractivity contribution in [3.63, 3.8) is 0 Å². The first-order valence-corrected chi connectivity index (χ1v) is 4.73. The molecule has 2 heteroatoms. The maximum atomic E-state index is 10.7. The minimum Gasteiger partial charge on any atom is -0.478 e. The van der Waals surface area contributed by atoms with Crippen molar-refractivity contribution in [2.45, 2.75) is 33.6 Å². The highest BCUT2D eigenvalue weighted by atomic mass is 16.4. The van der Waals surface area contributed by atoms with E-state index in [4.69, 9.17) is 5.11 Å². The summed E-state index contributed by atoms with van der Waals surface area (Å²) in [5, 5.41) is 8.77. The highest BCUT2D eigenvalue weighted by Crippen LogP contribution is 2.06. The van der Waals surface area contributed by atoms with Gasteiger partial charge in [-0.1, -0.05) is 45.4 Å². The van der Waals surface area contributed by atoms with E-state index in [1.165, 1.54) is 0 Å². The molecule has 1 unspecified atom stereocenters. The van der Waals surface area contributed by atoms with Crippen LogP contribution in [0, 0.1) is 5.92 Å². The molecule has 0 aromatic carbocycles. The van der Waals surface area contributed by atoms with E-state index < -0.39 is 5.97 Å². The number of aliphatic carboxylic acids is 1. The summed E-state index contributed by atoms with van der Waals surface area (Å²) in [7, 11) is 0. The summed E-state index contributed by atoms with van der Waals surface area (Å²) < 4.78 is 0. The first-order chi connectivity index (χ1) is 6.11. The molecule has 0 aliphatic heterocycles. The topological polar surface area (TPSA) is 37.3 Å². The van der Waals surface area contributed by atoms with Gasteiger partial charge in [-0.3, -0.25) is 0 Å². The predicted octanol–water partition coefficient (Wildman–Crippen LogP) is 3.01. The summed E-state index contributed by atoms with van der Waals surface area (Å²) in [6.07, 6.45) is 7.15. The summed E-state index contributed by atoms with van der Waals surface area (Å²) in [5.41, 5.74) is 0.391. The Hall–Kier alpha value is -1.05. The second-order valence-electron chi connectivity index (χ2n) is 3.12. The van der Waals surface area contributed by atoms with Crippen molar-refractivity contribution >= 4 is 5.97 Å². The lowest BCUT2D eigenvalue weighted by Gasteiger charge is -1.99. The first kappa shape index (κ1) is 11.9. The zero-order chi connectivity index (χ0) is 10.3. The Bertz CT molecular complexity index is 214. The van der Waals surface area contributed by atoms with Crippen molar-refractivity contribution in [1.29, 1.82) is 0 Å². The lowest BCUT2D eigenvalue weighted by Crippen LogP contribution is -1.98. The number of carboxylic acid groups (broad SMARTS) is 1. The summed E-state index contributed by atoms with van der Waals surface area (Å²) in [6, 6.07) is 0. The van der Waals surface area contributed by atoms with Crippen LogP contribution >= 0.6 is 0 Å². The number of allylic oxidation sites excluding steroid dienone is 2. The molecule has 0 aromatic rings. The largest absolute Gasteiger partial charge is 0.478 e. The van der Waals surface area contributed by atoms with Crippen LogP contribution in [0.5, 0.6) is 0 Å². The molecule has 1 N–H and O–H groups in total. The van der Waals surface area contributed by atoms with E-state index in [0.29, 0.717) is 11.5 Å². The summed E-state index contributed by atoms with van der Waals surface area (Å²) in [4.78, 5) is 10.7. The van der Waals surface area contributed by atoms with Gasteiger partial charge in [-0.05, 0) is 12.3 Å². The molecule has 0 rings (SSSR count). The Morgan fingerprint density at radius 2 is 2.08 bits per heavy atom. The third-order valence-electron chi connectivity index (χ3n) is 1.92. The predicted molar refractivity (Wildman–Crippen MR) is 54.6 cm³/mol. The average molecular weight is 182 g/mol. The standard InChI is InChI=1S/C11H18O2/c1-4-6-10(11(12)13)8-7-9(3)5-2/h6-9H,4-5H2,1-3H3,(H,12,13)/b8-7-,10-6+. The van der Waals surface area contributed by atoms with Crippen LogP contribution in [0.25, 0.3) is 0 Å². The van der Waals surface area contributed by atoms with Crippen LogP contribution in [-0.4, -0.2) is 11.1 Å². The van der Waals surface area contributed by atoms with Gasteiger partial charge in [0.05, 0.1) is 5.57 Å². The molecular formula is C11H18O2. The minimum atomic E-state index is -0.846. The van der Waals surface area contributed by atoms with Crippen LogP contribution < -0.4 is 0 Å². The maximum absolute atomic E-state index is 10.7. The van der Waals surface area contributed by atoms with Crippen LogP contribution in [0.1, 0.15) is 33.6 Å². The minimum absolute atomic E-state index is 0.391. The molecule has 0 amide bonds. The van der Waals surface area contributed by atoms with E-state index in [-0.39, 0.29) is 0 Å². The molecule has 0 bridgehead atoms. The first-order valence-electron chi connectivity index (χ1n) is 4.73. The highest BCUT2D eigenvalue weighted by Gasteiger charge is 2.01. The van der Waals surface area contributed by atoms with E-state index in [1.54, 1.807) is 12.2 Å². The van der Waals surface area contributed by atoms with Crippen LogP contribution in [0.15, 0.2) is 23.8 Å².